The molecule has 140 valence electrons. The predicted molar refractivity (Wildman–Crippen MR) is 96.6 cm³/mol. The summed E-state index contributed by atoms with van der Waals surface area (Å²) in [5, 5.41) is 6.73. The third kappa shape index (κ3) is 4.94. The van der Waals surface area contributed by atoms with Crippen LogP contribution in [0.2, 0.25) is 0 Å². The molecule has 3 aromatic rings. The second-order valence-corrected chi connectivity index (χ2v) is 6.00. The van der Waals surface area contributed by atoms with E-state index in [0.29, 0.717) is 30.2 Å². The maximum Gasteiger partial charge on any atom is 0.333 e. The van der Waals surface area contributed by atoms with E-state index in [-0.39, 0.29) is 0 Å². The number of urea groups is 1. The lowest BCUT2D eigenvalue weighted by Gasteiger charge is -2.09. The van der Waals surface area contributed by atoms with Crippen LogP contribution in [0, 0.1) is 13.8 Å². The Hall–Kier alpha value is -3.62. The molecular formula is C18H20N6O3. The zero-order chi connectivity index (χ0) is 19.2. The van der Waals surface area contributed by atoms with E-state index in [0.717, 1.165) is 11.1 Å². The van der Waals surface area contributed by atoms with Crippen LogP contribution in [0.1, 0.15) is 33.0 Å². The van der Waals surface area contributed by atoms with Gasteiger partial charge in [0.25, 0.3) is 5.91 Å². The van der Waals surface area contributed by atoms with Crippen molar-refractivity contribution in [1.29, 1.82) is 0 Å². The minimum absolute atomic E-state index is 0.329. The minimum Gasteiger partial charge on any atom is -0.466 e. The van der Waals surface area contributed by atoms with Crippen molar-refractivity contribution >= 4 is 11.9 Å². The molecule has 0 saturated carbocycles. The lowest BCUT2D eigenvalue weighted by molar-refractivity contribution is 0.0934. The Morgan fingerprint density at radius 1 is 1.11 bits per heavy atom. The van der Waals surface area contributed by atoms with Gasteiger partial charge in [0.1, 0.15) is 24.2 Å². The number of aryl methyl sites for hydroxylation is 2. The first kappa shape index (κ1) is 18.2. The van der Waals surface area contributed by atoms with Gasteiger partial charge in [-0.15, -0.1) is 0 Å². The molecule has 0 spiro atoms. The number of rotatable bonds is 5. The van der Waals surface area contributed by atoms with Gasteiger partial charge in [-0.2, -0.15) is 5.10 Å². The number of benzene rings is 1. The molecule has 0 aliphatic rings. The Labute approximate surface area is 155 Å². The van der Waals surface area contributed by atoms with Gasteiger partial charge in [0.2, 0.25) is 0 Å². The largest absolute Gasteiger partial charge is 0.466 e. The maximum absolute atomic E-state index is 12.0. The maximum atomic E-state index is 12.0. The minimum atomic E-state index is -0.507. The highest BCUT2D eigenvalue weighted by Crippen LogP contribution is 2.12. The van der Waals surface area contributed by atoms with Crippen LogP contribution in [0.25, 0.3) is 0 Å². The van der Waals surface area contributed by atoms with Crippen molar-refractivity contribution in [2.45, 2.75) is 26.9 Å². The molecule has 2 heterocycles. The SMILES string of the molecule is Cc1cc(C(=O)NNC(=O)NCc2ccc(Cn3cncn3)cc2)c(C)o1. The lowest BCUT2D eigenvalue weighted by Crippen LogP contribution is -2.46. The molecule has 0 bridgehead atoms. The Morgan fingerprint density at radius 2 is 1.85 bits per heavy atom. The molecule has 0 fully saturated rings. The molecule has 0 atom stereocenters. The van der Waals surface area contributed by atoms with Crippen LogP contribution in [0.15, 0.2) is 47.4 Å². The smallest absolute Gasteiger partial charge is 0.333 e. The molecule has 27 heavy (non-hydrogen) atoms. The van der Waals surface area contributed by atoms with Gasteiger partial charge in [0.15, 0.2) is 0 Å². The van der Waals surface area contributed by atoms with E-state index in [1.165, 1.54) is 6.33 Å². The summed E-state index contributed by atoms with van der Waals surface area (Å²) in [5.74, 6) is 0.699. The number of aromatic nitrogens is 3. The molecule has 3 rings (SSSR count). The summed E-state index contributed by atoms with van der Waals surface area (Å²) in [5.41, 5.74) is 7.06. The molecule has 3 N–H and O–H groups in total. The fourth-order valence-electron chi connectivity index (χ4n) is 2.53. The first-order valence-corrected chi connectivity index (χ1v) is 8.32. The Bertz CT molecular complexity index is 915. The lowest BCUT2D eigenvalue weighted by atomic mass is 10.1. The number of furan rings is 1. The first-order chi connectivity index (χ1) is 13.0. The van der Waals surface area contributed by atoms with Gasteiger partial charge < -0.3 is 9.73 Å². The number of carbonyl (C=O) groups is 2. The monoisotopic (exact) mass is 368 g/mol. The number of nitrogens with one attached hydrogen (secondary N) is 3. The third-order valence-electron chi connectivity index (χ3n) is 3.86. The van der Waals surface area contributed by atoms with Gasteiger partial charge in [-0.25, -0.2) is 19.9 Å². The summed E-state index contributed by atoms with van der Waals surface area (Å²) in [6.45, 7) is 4.40. The molecular weight excluding hydrogens is 348 g/mol. The standard InChI is InChI=1S/C18H20N6O3/c1-12-7-16(13(2)27-12)17(25)22-23-18(26)20-8-14-3-5-15(6-4-14)9-24-11-19-10-21-24/h3-7,10-11H,8-9H2,1-2H3,(H,22,25)(H2,20,23,26). The first-order valence-electron chi connectivity index (χ1n) is 8.32. The van der Waals surface area contributed by atoms with Crippen molar-refractivity contribution in [1.82, 2.24) is 30.9 Å². The van der Waals surface area contributed by atoms with Gasteiger partial charge >= 0.3 is 6.03 Å². The predicted octanol–water partition coefficient (Wildman–Crippen LogP) is 1.68. The summed E-state index contributed by atoms with van der Waals surface area (Å²) >= 11 is 0. The summed E-state index contributed by atoms with van der Waals surface area (Å²) < 4.78 is 7.02. The van der Waals surface area contributed by atoms with E-state index in [4.69, 9.17) is 4.42 Å². The molecule has 0 unspecified atom stereocenters. The number of hydrogen-bond acceptors (Lipinski definition) is 5. The number of carbonyl (C=O) groups excluding carboxylic acids is 2. The van der Waals surface area contributed by atoms with E-state index in [1.807, 2.05) is 24.3 Å². The number of hydrogen-bond donors (Lipinski definition) is 3. The Balaban J connectivity index is 1.43. The van der Waals surface area contributed by atoms with Gasteiger partial charge in [-0.1, -0.05) is 24.3 Å². The molecule has 0 aliphatic heterocycles. The van der Waals surface area contributed by atoms with Crippen LogP contribution in [-0.2, 0) is 13.1 Å². The second kappa shape index (κ2) is 8.17. The number of amides is 3. The average molecular weight is 368 g/mol. The normalized spacial score (nSPS) is 10.4. The van der Waals surface area contributed by atoms with Crippen molar-refractivity contribution < 1.29 is 14.0 Å². The van der Waals surface area contributed by atoms with Crippen molar-refractivity contribution in [2.75, 3.05) is 0 Å². The van der Waals surface area contributed by atoms with Crippen LogP contribution in [0.3, 0.4) is 0 Å². The van der Waals surface area contributed by atoms with Crippen molar-refractivity contribution in [2.24, 2.45) is 0 Å². The van der Waals surface area contributed by atoms with Crippen molar-refractivity contribution in [3.63, 3.8) is 0 Å². The molecule has 0 aliphatic carbocycles. The van der Waals surface area contributed by atoms with E-state index in [9.17, 15) is 9.59 Å². The molecule has 9 heteroatoms. The van der Waals surface area contributed by atoms with E-state index >= 15 is 0 Å². The zero-order valence-electron chi connectivity index (χ0n) is 15.0. The van der Waals surface area contributed by atoms with Crippen molar-refractivity contribution in [3.8, 4) is 0 Å². The highest BCUT2D eigenvalue weighted by atomic mass is 16.3. The summed E-state index contributed by atoms with van der Waals surface area (Å²) in [4.78, 5) is 27.7. The van der Waals surface area contributed by atoms with Crippen molar-refractivity contribution in [3.05, 3.63) is 71.2 Å². The number of hydrazine groups is 1. The highest BCUT2D eigenvalue weighted by molar-refractivity contribution is 5.96. The van der Waals surface area contributed by atoms with Crippen LogP contribution < -0.4 is 16.2 Å². The van der Waals surface area contributed by atoms with E-state index < -0.39 is 11.9 Å². The van der Waals surface area contributed by atoms with Gasteiger partial charge in [0.05, 0.1) is 12.1 Å². The quantitative estimate of drug-likeness (QED) is 0.593. The molecule has 3 amide bonds. The van der Waals surface area contributed by atoms with Crippen LogP contribution in [0.5, 0.6) is 0 Å². The molecule has 2 aromatic heterocycles. The fraction of sp³-hybridized carbons (Fsp3) is 0.222. The fourth-order valence-corrected chi connectivity index (χ4v) is 2.53. The molecule has 1 aromatic carbocycles. The third-order valence-corrected chi connectivity index (χ3v) is 3.86. The summed E-state index contributed by atoms with van der Waals surface area (Å²) in [7, 11) is 0. The van der Waals surface area contributed by atoms with Crippen LogP contribution in [0.4, 0.5) is 4.79 Å². The van der Waals surface area contributed by atoms with E-state index in [1.54, 1.807) is 30.9 Å². The Morgan fingerprint density at radius 3 is 2.48 bits per heavy atom. The van der Waals surface area contributed by atoms with E-state index in [2.05, 4.69) is 26.3 Å². The average Bonchev–Trinajstić information content (AvgIpc) is 3.28. The second-order valence-electron chi connectivity index (χ2n) is 6.00. The summed E-state index contributed by atoms with van der Waals surface area (Å²) in [6.07, 6.45) is 3.14. The number of nitrogens with zero attached hydrogens (tertiary/aromatic N) is 3. The molecule has 0 radical (unpaired) electrons. The topological polar surface area (TPSA) is 114 Å². The molecule has 0 saturated heterocycles. The van der Waals surface area contributed by atoms with Gasteiger partial charge in [-0.05, 0) is 31.0 Å². The van der Waals surface area contributed by atoms with Crippen LogP contribution in [-0.4, -0.2) is 26.7 Å². The summed E-state index contributed by atoms with van der Waals surface area (Å²) in [6, 6.07) is 8.87. The zero-order valence-corrected chi connectivity index (χ0v) is 15.0. The highest BCUT2D eigenvalue weighted by Gasteiger charge is 2.13. The van der Waals surface area contributed by atoms with Gasteiger partial charge in [-0.3, -0.25) is 10.2 Å². The van der Waals surface area contributed by atoms with Crippen LogP contribution >= 0.6 is 0 Å². The Kier molecular flexibility index (Phi) is 5.50. The molecule has 9 nitrogen and oxygen atoms in total. The van der Waals surface area contributed by atoms with Gasteiger partial charge in [0, 0.05) is 6.54 Å².